The van der Waals surface area contributed by atoms with Crippen molar-refractivity contribution in [3.05, 3.63) is 179 Å². The number of benzene rings is 7. The van der Waals surface area contributed by atoms with Gasteiger partial charge in [-0.05, 0) is 51.2 Å². The van der Waals surface area contributed by atoms with Gasteiger partial charge < -0.3 is 8.83 Å². The van der Waals surface area contributed by atoms with Crippen LogP contribution >= 0.6 is 0 Å². The number of hydrogen-bond donors (Lipinski definition) is 0. The molecule has 2 nitrogen and oxygen atoms in total. The highest BCUT2D eigenvalue weighted by atomic mass is 16.3. The van der Waals surface area contributed by atoms with E-state index >= 15 is 0 Å². The molecule has 0 spiro atoms. The minimum absolute atomic E-state index is 0.220. The molecule has 0 amide bonds. The Labute approximate surface area is 266 Å². The number of furan rings is 2. The maximum Gasteiger partial charge on any atom is 0.140 e. The SMILES string of the molecule is CC1(C)c2ccccc2C(c2cccc3c2oc2ccccc23)(c2cc3ccccc3c3c2oc2ccccc23)c2ccccc21. The van der Waals surface area contributed by atoms with Crippen molar-refractivity contribution < 1.29 is 8.83 Å². The van der Waals surface area contributed by atoms with Gasteiger partial charge in [0, 0.05) is 38.1 Å². The van der Waals surface area contributed by atoms with Crippen LogP contribution in [0.15, 0.2) is 154 Å². The number of hydrogen-bond acceptors (Lipinski definition) is 2. The summed E-state index contributed by atoms with van der Waals surface area (Å²) < 4.78 is 13.9. The third-order valence-electron chi connectivity index (χ3n) is 10.6. The molecule has 0 unspecified atom stereocenters. The van der Waals surface area contributed by atoms with Crippen molar-refractivity contribution in [3.8, 4) is 0 Å². The molecular weight excluding hydrogens is 560 g/mol. The smallest absolute Gasteiger partial charge is 0.140 e. The first-order valence-corrected chi connectivity index (χ1v) is 16.0. The fourth-order valence-electron chi connectivity index (χ4n) is 8.62. The monoisotopic (exact) mass is 590 g/mol. The van der Waals surface area contributed by atoms with Crippen LogP contribution < -0.4 is 0 Å². The molecule has 46 heavy (non-hydrogen) atoms. The molecule has 0 fully saturated rings. The standard InChI is InChI=1S/C44H30O2/c1-43(2)32-19-7-9-21-34(32)44(35-22-10-8-20-33(35)43,36-23-13-18-30-29-16-5-11-24-38(29)45-41(30)36)37-26-27-14-3-4-15-28(27)40-31-17-6-12-25-39(31)46-42(37)40/h3-26H,1-2H3. The fourth-order valence-corrected chi connectivity index (χ4v) is 8.62. The Bertz CT molecular complexity index is 2630. The molecule has 7 aromatic carbocycles. The Morgan fingerprint density at radius 2 is 0.891 bits per heavy atom. The van der Waals surface area contributed by atoms with Gasteiger partial charge in [-0.3, -0.25) is 0 Å². The summed E-state index contributed by atoms with van der Waals surface area (Å²) in [6, 6.07) is 52.6. The number of rotatable bonds is 2. The molecule has 0 atom stereocenters. The van der Waals surface area contributed by atoms with Gasteiger partial charge in [0.1, 0.15) is 22.3 Å². The summed E-state index contributed by atoms with van der Waals surface area (Å²) in [5.41, 5.74) is 10.0. The Kier molecular flexibility index (Phi) is 5.02. The van der Waals surface area contributed by atoms with Crippen LogP contribution in [0.3, 0.4) is 0 Å². The predicted octanol–water partition coefficient (Wildman–Crippen LogP) is 11.7. The third-order valence-corrected chi connectivity index (χ3v) is 10.6. The van der Waals surface area contributed by atoms with Gasteiger partial charge in [-0.25, -0.2) is 0 Å². The van der Waals surface area contributed by atoms with Gasteiger partial charge in [-0.2, -0.15) is 0 Å². The maximum absolute atomic E-state index is 7.01. The molecular formula is C44H30O2. The van der Waals surface area contributed by atoms with Gasteiger partial charge in [-0.1, -0.05) is 141 Å². The zero-order valence-corrected chi connectivity index (χ0v) is 25.7. The average Bonchev–Trinajstić information content (AvgIpc) is 3.68. The van der Waals surface area contributed by atoms with Crippen molar-refractivity contribution in [3.63, 3.8) is 0 Å². The van der Waals surface area contributed by atoms with Gasteiger partial charge in [0.15, 0.2) is 0 Å². The molecule has 0 radical (unpaired) electrons. The molecule has 2 heteroatoms. The lowest BCUT2D eigenvalue weighted by Crippen LogP contribution is -2.42. The molecule has 0 saturated heterocycles. The molecule has 0 aliphatic heterocycles. The van der Waals surface area contributed by atoms with Gasteiger partial charge in [0.25, 0.3) is 0 Å². The zero-order valence-electron chi connectivity index (χ0n) is 25.7. The summed E-state index contributed by atoms with van der Waals surface area (Å²) in [6.07, 6.45) is 0. The Hall–Kier alpha value is -5.60. The summed E-state index contributed by atoms with van der Waals surface area (Å²) in [6.45, 7) is 4.71. The molecule has 9 aromatic rings. The predicted molar refractivity (Wildman–Crippen MR) is 189 cm³/mol. The second-order valence-electron chi connectivity index (χ2n) is 13.2. The van der Waals surface area contributed by atoms with Crippen LogP contribution in [0.2, 0.25) is 0 Å². The van der Waals surface area contributed by atoms with E-state index in [2.05, 4.69) is 159 Å². The Balaban J connectivity index is 1.51. The van der Waals surface area contributed by atoms with Gasteiger partial charge in [0.2, 0.25) is 0 Å². The molecule has 0 bridgehead atoms. The van der Waals surface area contributed by atoms with Crippen LogP contribution in [0.1, 0.15) is 47.2 Å². The minimum atomic E-state index is -0.744. The van der Waals surface area contributed by atoms with Crippen LogP contribution in [0, 0.1) is 0 Å². The summed E-state index contributed by atoms with van der Waals surface area (Å²) >= 11 is 0. The largest absolute Gasteiger partial charge is 0.456 e. The summed E-state index contributed by atoms with van der Waals surface area (Å²) in [7, 11) is 0. The van der Waals surface area contributed by atoms with E-state index in [1.54, 1.807) is 0 Å². The quantitative estimate of drug-likeness (QED) is 0.200. The van der Waals surface area contributed by atoms with Crippen molar-refractivity contribution in [2.75, 3.05) is 0 Å². The van der Waals surface area contributed by atoms with Crippen LogP contribution in [-0.2, 0) is 10.8 Å². The third kappa shape index (κ3) is 3.11. The van der Waals surface area contributed by atoms with E-state index in [-0.39, 0.29) is 5.41 Å². The molecule has 0 N–H and O–H groups in total. The average molecular weight is 591 g/mol. The van der Waals surface area contributed by atoms with Gasteiger partial charge in [-0.15, -0.1) is 0 Å². The van der Waals surface area contributed by atoms with Crippen molar-refractivity contribution in [1.29, 1.82) is 0 Å². The van der Waals surface area contributed by atoms with Crippen LogP contribution in [0.25, 0.3) is 54.6 Å². The van der Waals surface area contributed by atoms with Crippen molar-refractivity contribution in [1.82, 2.24) is 0 Å². The highest BCUT2D eigenvalue weighted by Crippen LogP contribution is 2.59. The van der Waals surface area contributed by atoms with E-state index in [4.69, 9.17) is 8.83 Å². The summed E-state index contributed by atoms with van der Waals surface area (Å²) in [5.74, 6) is 0. The first kappa shape index (κ1) is 25.7. The molecule has 1 aliphatic rings. The first-order chi connectivity index (χ1) is 22.6. The summed E-state index contributed by atoms with van der Waals surface area (Å²) in [5, 5.41) is 6.91. The topological polar surface area (TPSA) is 26.3 Å². The number of fused-ring (bicyclic) bond motifs is 10. The molecule has 218 valence electrons. The van der Waals surface area contributed by atoms with Crippen molar-refractivity contribution in [2.45, 2.75) is 24.7 Å². The lowest BCUT2D eigenvalue weighted by atomic mass is 9.54. The van der Waals surface area contributed by atoms with Gasteiger partial charge in [0.05, 0.1) is 5.41 Å². The molecule has 10 rings (SSSR count). The Morgan fingerprint density at radius 3 is 1.61 bits per heavy atom. The van der Waals surface area contributed by atoms with E-state index in [9.17, 15) is 0 Å². The van der Waals surface area contributed by atoms with E-state index in [0.717, 1.165) is 55.0 Å². The second kappa shape index (κ2) is 8.99. The molecule has 0 saturated carbocycles. The van der Waals surface area contributed by atoms with Crippen LogP contribution in [0.5, 0.6) is 0 Å². The van der Waals surface area contributed by atoms with Crippen LogP contribution in [0.4, 0.5) is 0 Å². The van der Waals surface area contributed by atoms with Gasteiger partial charge >= 0.3 is 0 Å². The lowest BCUT2D eigenvalue weighted by molar-refractivity contribution is 0.550. The van der Waals surface area contributed by atoms with Crippen LogP contribution in [-0.4, -0.2) is 0 Å². The van der Waals surface area contributed by atoms with E-state index in [1.165, 1.54) is 33.0 Å². The first-order valence-electron chi connectivity index (χ1n) is 16.0. The molecule has 2 aromatic heterocycles. The maximum atomic E-state index is 7.01. The zero-order chi connectivity index (χ0) is 30.6. The van der Waals surface area contributed by atoms with E-state index in [0.29, 0.717) is 0 Å². The van der Waals surface area contributed by atoms with E-state index < -0.39 is 5.41 Å². The highest BCUT2D eigenvalue weighted by molar-refractivity contribution is 6.20. The second-order valence-corrected chi connectivity index (χ2v) is 13.2. The molecule has 2 heterocycles. The van der Waals surface area contributed by atoms with E-state index in [1.807, 2.05) is 0 Å². The minimum Gasteiger partial charge on any atom is -0.456 e. The molecule has 1 aliphatic carbocycles. The lowest BCUT2D eigenvalue weighted by Gasteiger charge is -2.47. The number of para-hydroxylation sites is 3. The van der Waals surface area contributed by atoms with Crippen molar-refractivity contribution in [2.24, 2.45) is 0 Å². The normalized spacial score (nSPS) is 15.1. The fraction of sp³-hybridized carbons (Fsp3) is 0.0909. The van der Waals surface area contributed by atoms with Crippen molar-refractivity contribution >= 4 is 54.6 Å². The Morgan fingerprint density at radius 1 is 0.391 bits per heavy atom. The highest BCUT2D eigenvalue weighted by Gasteiger charge is 2.51. The summed E-state index contributed by atoms with van der Waals surface area (Å²) in [4.78, 5) is 0.